The van der Waals surface area contributed by atoms with Crippen LogP contribution in [0.15, 0.2) is 90.1 Å². The lowest BCUT2D eigenvalue weighted by Gasteiger charge is -2.13. The molecule has 3 aromatic carbocycles. The van der Waals surface area contributed by atoms with Gasteiger partial charge in [0.2, 0.25) is 0 Å². The van der Waals surface area contributed by atoms with Gasteiger partial charge in [-0.3, -0.25) is 0 Å². The summed E-state index contributed by atoms with van der Waals surface area (Å²) in [5.74, 6) is 1.27. The van der Waals surface area contributed by atoms with Gasteiger partial charge < -0.3 is 25.3 Å². The van der Waals surface area contributed by atoms with Crippen molar-refractivity contribution in [2.45, 2.75) is 23.8 Å². The van der Waals surface area contributed by atoms with Crippen molar-refractivity contribution in [3.8, 4) is 28.5 Å². The standard InChI is InChI=1S/C34H39N5O3S/c35-17-7-19-40-21-23-42-24-22-41-20-8-18-37-33-31(25-36)32(38-34(39-33)43-26-27-9-3-1-4-10-27)30-15-13-29(14-16-30)28-11-5-2-6-12-28/h1-6,9-16H,7-8,17-24,26,35H2,(H,37,38,39). The van der Waals surface area contributed by atoms with E-state index in [1.807, 2.05) is 48.5 Å². The highest BCUT2D eigenvalue weighted by Crippen LogP contribution is 2.31. The summed E-state index contributed by atoms with van der Waals surface area (Å²) in [7, 11) is 0. The van der Waals surface area contributed by atoms with Crippen molar-refractivity contribution in [3.63, 3.8) is 0 Å². The number of rotatable bonds is 19. The van der Waals surface area contributed by atoms with Crippen LogP contribution in [0.2, 0.25) is 0 Å². The minimum atomic E-state index is 0.430. The van der Waals surface area contributed by atoms with Crippen LogP contribution in [0.25, 0.3) is 22.4 Å². The van der Waals surface area contributed by atoms with E-state index in [0.717, 1.165) is 35.3 Å². The Hall–Kier alpha value is -3.78. The molecule has 1 heterocycles. The highest BCUT2D eigenvalue weighted by Gasteiger charge is 2.17. The second-order valence-electron chi connectivity index (χ2n) is 9.67. The molecule has 9 heteroatoms. The van der Waals surface area contributed by atoms with Gasteiger partial charge in [-0.15, -0.1) is 0 Å². The molecule has 0 aliphatic heterocycles. The van der Waals surface area contributed by atoms with E-state index in [1.165, 1.54) is 5.56 Å². The Balaban J connectivity index is 1.37. The number of aromatic nitrogens is 2. The monoisotopic (exact) mass is 597 g/mol. The molecular weight excluding hydrogens is 558 g/mol. The van der Waals surface area contributed by atoms with Gasteiger partial charge in [0.15, 0.2) is 5.16 Å². The SMILES string of the molecule is N#Cc1c(NCCCOCCOCCOCCCN)nc(SCc2ccccc2)nc1-c1ccc(-c2ccccc2)cc1. The normalized spacial score (nSPS) is 10.9. The van der Waals surface area contributed by atoms with E-state index in [9.17, 15) is 5.26 Å². The summed E-state index contributed by atoms with van der Waals surface area (Å²) in [5, 5.41) is 14.1. The van der Waals surface area contributed by atoms with E-state index < -0.39 is 0 Å². The molecule has 4 rings (SSSR count). The highest BCUT2D eigenvalue weighted by atomic mass is 32.2. The second kappa shape index (κ2) is 18.7. The summed E-state index contributed by atoms with van der Waals surface area (Å²) in [6.45, 7) is 4.62. The number of hydrogen-bond acceptors (Lipinski definition) is 9. The van der Waals surface area contributed by atoms with Crippen molar-refractivity contribution in [3.05, 3.63) is 96.1 Å². The molecule has 0 saturated heterocycles. The van der Waals surface area contributed by atoms with Crippen LogP contribution in [0, 0.1) is 11.3 Å². The third-order valence-electron chi connectivity index (χ3n) is 6.47. The van der Waals surface area contributed by atoms with E-state index in [4.69, 9.17) is 29.9 Å². The number of nitrogens with two attached hydrogens (primary N) is 1. The van der Waals surface area contributed by atoms with E-state index >= 15 is 0 Å². The summed E-state index contributed by atoms with van der Waals surface area (Å²) >= 11 is 1.55. The van der Waals surface area contributed by atoms with Gasteiger partial charge in [0.05, 0.1) is 32.1 Å². The number of nitriles is 1. The summed E-state index contributed by atoms with van der Waals surface area (Å²) in [6, 6.07) is 30.9. The maximum absolute atomic E-state index is 10.2. The molecule has 224 valence electrons. The zero-order chi connectivity index (χ0) is 30.0. The van der Waals surface area contributed by atoms with Crippen LogP contribution in [-0.4, -0.2) is 62.7 Å². The van der Waals surface area contributed by atoms with Crippen molar-refractivity contribution < 1.29 is 14.2 Å². The predicted molar refractivity (Wildman–Crippen MR) is 173 cm³/mol. The maximum atomic E-state index is 10.2. The van der Waals surface area contributed by atoms with Gasteiger partial charge in [-0.25, -0.2) is 9.97 Å². The van der Waals surface area contributed by atoms with Crippen LogP contribution in [0.3, 0.4) is 0 Å². The van der Waals surface area contributed by atoms with Crippen molar-refractivity contribution >= 4 is 17.6 Å². The molecule has 0 bridgehead atoms. The van der Waals surface area contributed by atoms with Crippen LogP contribution in [-0.2, 0) is 20.0 Å². The molecule has 0 fully saturated rings. The van der Waals surface area contributed by atoms with Crippen LogP contribution >= 0.6 is 11.8 Å². The first-order valence-corrected chi connectivity index (χ1v) is 15.6. The Morgan fingerprint density at radius 1 is 0.698 bits per heavy atom. The van der Waals surface area contributed by atoms with E-state index in [2.05, 4.69) is 47.8 Å². The zero-order valence-electron chi connectivity index (χ0n) is 24.4. The minimum Gasteiger partial charge on any atom is -0.379 e. The van der Waals surface area contributed by atoms with Crippen molar-refractivity contribution in [2.24, 2.45) is 5.73 Å². The zero-order valence-corrected chi connectivity index (χ0v) is 25.2. The minimum absolute atomic E-state index is 0.430. The number of nitrogens with one attached hydrogen (secondary N) is 1. The molecule has 8 nitrogen and oxygen atoms in total. The number of thioether (sulfide) groups is 1. The Morgan fingerprint density at radius 2 is 1.28 bits per heavy atom. The Bertz CT molecular complexity index is 1400. The van der Waals surface area contributed by atoms with Crippen molar-refractivity contribution in [1.29, 1.82) is 5.26 Å². The molecular formula is C34H39N5O3S. The molecule has 0 amide bonds. The number of ether oxygens (including phenoxy) is 3. The fourth-order valence-electron chi connectivity index (χ4n) is 4.23. The molecule has 1 aromatic heterocycles. The largest absolute Gasteiger partial charge is 0.379 e. The van der Waals surface area contributed by atoms with Gasteiger partial charge in [-0.1, -0.05) is 96.7 Å². The number of benzene rings is 3. The summed E-state index contributed by atoms with van der Waals surface area (Å²) in [5.41, 5.74) is 10.8. The molecule has 43 heavy (non-hydrogen) atoms. The number of hydrogen-bond donors (Lipinski definition) is 2. The molecule has 3 N–H and O–H groups in total. The molecule has 0 atom stereocenters. The van der Waals surface area contributed by atoms with E-state index in [1.54, 1.807) is 11.8 Å². The lowest BCUT2D eigenvalue weighted by Crippen LogP contribution is -2.13. The lowest BCUT2D eigenvalue weighted by molar-refractivity contribution is 0.0144. The molecule has 0 unspecified atom stereocenters. The maximum Gasteiger partial charge on any atom is 0.190 e. The third-order valence-corrected chi connectivity index (χ3v) is 7.39. The fourth-order valence-corrected chi connectivity index (χ4v) is 5.03. The number of anilines is 1. The Labute approximate surface area is 258 Å². The van der Waals surface area contributed by atoms with E-state index in [0.29, 0.717) is 75.0 Å². The lowest BCUT2D eigenvalue weighted by atomic mass is 10.0. The topological polar surface area (TPSA) is 115 Å². The van der Waals surface area contributed by atoms with Crippen LogP contribution in [0.5, 0.6) is 0 Å². The quantitative estimate of drug-likeness (QED) is 0.0743. The van der Waals surface area contributed by atoms with Crippen molar-refractivity contribution in [1.82, 2.24) is 9.97 Å². The molecule has 0 saturated carbocycles. The van der Waals surface area contributed by atoms with Gasteiger partial charge in [-0.05, 0) is 36.1 Å². The highest BCUT2D eigenvalue weighted by molar-refractivity contribution is 7.98. The van der Waals surface area contributed by atoms with Crippen LogP contribution in [0.1, 0.15) is 24.0 Å². The van der Waals surface area contributed by atoms with Crippen LogP contribution in [0.4, 0.5) is 5.82 Å². The first kappa shape index (κ1) is 32.1. The third kappa shape index (κ3) is 10.8. The van der Waals surface area contributed by atoms with Crippen molar-refractivity contribution in [2.75, 3.05) is 58.0 Å². The Kier molecular flexibility index (Phi) is 14.0. The summed E-state index contributed by atoms with van der Waals surface area (Å²) in [6.07, 6.45) is 1.61. The predicted octanol–water partition coefficient (Wildman–Crippen LogP) is 6.18. The second-order valence-corrected chi connectivity index (χ2v) is 10.6. The number of nitrogens with zero attached hydrogens (tertiary/aromatic N) is 3. The van der Waals surface area contributed by atoms with Crippen LogP contribution < -0.4 is 11.1 Å². The molecule has 0 radical (unpaired) electrons. The summed E-state index contributed by atoms with van der Waals surface area (Å²) in [4.78, 5) is 9.59. The molecule has 0 aliphatic rings. The first-order chi connectivity index (χ1) is 21.3. The average molecular weight is 598 g/mol. The smallest absolute Gasteiger partial charge is 0.190 e. The van der Waals surface area contributed by atoms with Gasteiger partial charge in [-0.2, -0.15) is 5.26 Å². The molecule has 0 aliphatic carbocycles. The summed E-state index contributed by atoms with van der Waals surface area (Å²) < 4.78 is 16.6. The average Bonchev–Trinajstić information content (AvgIpc) is 3.06. The Morgan fingerprint density at radius 3 is 1.93 bits per heavy atom. The van der Waals surface area contributed by atoms with Gasteiger partial charge in [0, 0.05) is 31.1 Å². The van der Waals surface area contributed by atoms with E-state index in [-0.39, 0.29) is 0 Å². The fraction of sp³-hybridized carbons (Fsp3) is 0.324. The van der Waals surface area contributed by atoms with Gasteiger partial charge >= 0.3 is 0 Å². The van der Waals surface area contributed by atoms with Gasteiger partial charge in [0.25, 0.3) is 0 Å². The molecule has 4 aromatic rings. The molecule has 0 spiro atoms. The first-order valence-electron chi connectivity index (χ1n) is 14.6. The van der Waals surface area contributed by atoms with Gasteiger partial charge in [0.1, 0.15) is 17.5 Å².